The minimum atomic E-state index is -0.802. The summed E-state index contributed by atoms with van der Waals surface area (Å²) in [7, 11) is 1.48. The van der Waals surface area contributed by atoms with E-state index in [1.165, 1.54) is 24.4 Å². The van der Waals surface area contributed by atoms with Crippen LogP contribution in [-0.4, -0.2) is 76.0 Å². The predicted molar refractivity (Wildman–Crippen MR) is 148 cm³/mol. The van der Waals surface area contributed by atoms with Gasteiger partial charge >= 0.3 is 0 Å². The van der Waals surface area contributed by atoms with E-state index in [9.17, 15) is 18.7 Å². The molecule has 2 heterocycles. The number of terminal acetylenes is 1. The summed E-state index contributed by atoms with van der Waals surface area (Å²) < 4.78 is 40.2. The number of nitrogens with two attached hydrogens (primary N) is 1. The van der Waals surface area contributed by atoms with Gasteiger partial charge < -0.3 is 20.3 Å². The number of H-pyrrole nitrogens is 1. The normalized spacial score (nSPS) is 11.0. The van der Waals surface area contributed by atoms with Crippen molar-refractivity contribution >= 4 is 34.1 Å². The van der Waals surface area contributed by atoms with Gasteiger partial charge in [-0.25, -0.2) is 18.7 Å². The van der Waals surface area contributed by atoms with Crippen LogP contribution in [0, 0.1) is 24.0 Å². The highest BCUT2D eigenvalue weighted by molar-refractivity contribution is 5.96. The van der Waals surface area contributed by atoms with Gasteiger partial charge in [-0.3, -0.25) is 19.7 Å². The molecule has 0 atom stereocenters. The van der Waals surface area contributed by atoms with Gasteiger partial charge in [0.15, 0.2) is 17.3 Å². The van der Waals surface area contributed by atoms with Crippen LogP contribution in [0.2, 0.25) is 0 Å². The molecule has 11 nitrogen and oxygen atoms in total. The van der Waals surface area contributed by atoms with Crippen molar-refractivity contribution < 1.29 is 28.2 Å². The Balaban J connectivity index is 1.71. The number of primary amides is 1. The number of carbonyl (C=O) groups excluding carboxylic acids is 1. The maximum absolute atomic E-state index is 14.3. The summed E-state index contributed by atoms with van der Waals surface area (Å²) in [6, 6.07) is 7.90. The molecule has 0 fully saturated rings. The van der Waals surface area contributed by atoms with Crippen LogP contribution in [0.25, 0.3) is 10.9 Å². The van der Waals surface area contributed by atoms with Gasteiger partial charge in [0.25, 0.3) is 0 Å². The van der Waals surface area contributed by atoms with Gasteiger partial charge in [0.05, 0.1) is 44.5 Å². The SMILES string of the molecule is C#CCN(CCO)CCCOc1cc2ncnc(N(c3cc(F)cc(F)c3)c3cc(CC(N)=O)[nH]n3)c2cc1OC. The van der Waals surface area contributed by atoms with Crippen LogP contribution in [0.3, 0.4) is 0 Å². The third kappa shape index (κ3) is 7.24. The number of nitrogens with one attached hydrogen (secondary N) is 1. The van der Waals surface area contributed by atoms with Crippen molar-refractivity contribution in [2.45, 2.75) is 12.8 Å². The number of aliphatic hydroxyl groups is 1. The summed E-state index contributed by atoms with van der Waals surface area (Å²) in [5.41, 5.74) is 6.28. The summed E-state index contributed by atoms with van der Waals surface area (Å²) in [5.74, 6) is 1.66. The number of benzene rings is 2. The first kappa shape index (κ1) is 29.2. The van der Waals surface area contributed by atoms with E-state index < -0.39 is 17.5 Å². The molecule has 214 valence electrons. The molecular formula is C28H29F2N7O4. The molecule has 4 N–H and O–H groups in total. The zero-order valence-electron chi connectivity index (χ0n) is 22.3. The fourth-order valence-electron chi connectivity index (χ4n) is 4.29. The van der Waals surface area contributed by atoms with Gasteiger partial charge in [-0.1, -0.05) is 5.92 Å². The molecule has 4 rings (SSSR count). The van der Waals surface area contributed by atoms with E-state index in [1.54, 1.807) is 12.1 Å². The first-order valence-corrected chi connectivity index (χ1v) is 12.6. The highest BCUT2D eigenvalue weighted by atomic mass is 19.1. The van der Waals surface area contributed by atoms with Crippen molar-refractivity contribution in [3.05, 3.63) is 60.1 Å². The molecule has 1 amide bonds. The molecule has 0 saturated carbocycles. The Bertz CT molecular complexity index is 1540. The van der Waals surface area contributed by atoms with E-state index in [0.717, 1.165) is 18.2 Å². The number of nitrogens with zero attached hydrogens (tertiary/aromatic N) is 5. The summed E-state index contributed by atoms with van der Waals surface area (Å²) in [5, 5.41) is 16.6. The predicted octanol–water partition coefficient (Wildman–Crippen LogP) is 2.83. The highest BCUT2D eigenvalue weighted by Gasteiger charge is 2.23. The minimum absolute atomic E-state index is 0.00703. The van der Waals surface area contributed by atoms with Crippen LogP contribution < -0.4 is 20.1 Å². The lowest BCUT2D eigenvalue weighted by molar-refractivity contribution is -0.117. The number of methoxy groups -OCH3 is 1. The maximum atomic E-state index is 14.3. The number of anilines is 3. The van der Waals surface area contributed by atoms with Crippen molar-refractivity contribution in [3.8, 4) is 23.8 Å². The topological polar surface area (TPSA) is 143 Å². The first-order chi connectivity index (χ1) is 19.8. The number of hydrogen-bond donors (Lipinski definition) is 3. The smallest absolute Gasteiger partial charge is 0.223 e. The Morgan fingerprint density at radius 3 is 2.59 bits per heavy atom. The van der Waals surface area contributed by atoms with Crippen LogP contribution in [-0.2, 0) is 11.2 Å². The van der Waals surface area contributed by atoms with Crippen LogP contribution in [0.15, 0.2) is 42.7 Å². The number of hydrogen-bond acceptors (Lipinski definition) is 9. The molecule has 41 heavy (non-hydrogen) atoms. The quantitative estimate of drug-likeness (QED) is 0.155. The van der Waals surface area contributed by atoms with E-state index in [4.69, 9.17) is 21.6 Å². The lowest BCUT2D eigenvalue weighted by Crippen LogP contribution is -2.29. The molecule has 0 saturated heterocycles. The molecule has 13 heteroatoms. The van der Waals surface area contributed by atoms with Crippen molar-refractivity contribution in [1.29, 1.82) is 0 Å². The van der Waals surface area contributed by atoms with E-state index in [2.05, 4.69) is 26.1 Å². The van der Waals surface area contributed by atoms with E-state index in [0.29, 0.717) is 60.8 Å². The van der Waals surface area contributed by atoms with Crippen molar-refractivity contribution in [2.24, 2.45) is 5.73 Å². The molecule has 0 radical (unpaired) electrons. The summed E-state index contributed by atoms with van der Waals surface area (Å²) in [6.07, 6.45) is 7.23. The fraction of sp³-hybridized carbons (Fsp3) is 0.286. The van der Waals surface area contributed by atoms with Gasteiger partial charge in [-0.15, -0.1) is 6.42 Å². The second-order valence-electron chi connectivity index (χ2n) is 8.98. The Labute approximate surface area is 234 Å². The average molecular weight is 566 g/mol. The van der Waals surface area contributed by atoms with Crippen LogP contribution >= 0.6 is 0 Å². The second kappa shape index (κ2) is 13.5. The number of fused-ring (bicyclic) bond motifs is 1. The number of rotatable bonds is 14. The van der Waals surface area contributed by atoms with Gasteiger partial charge in [-0.2, -0.15) is 5.10 Å². The molecule has 0 spiro atoms. The molecule has 0 aliphatic rings. The number of amides is 1. The Kier molecular flexibility index (Phi) is 9.62. The molecule has 0 aliphatic heterocycles. The molecule has 0 bridgehead atoms. The van der Waals surface area contributed by atoms with Gasteiger partial charge in [0.2, 0.25) is 5.91 Å². The Morgan fingerprint density at radius 1 is 1.12 bits per heavy atom. The second-order valence-corrected chi connectivity index (χ2v) is 8.98. The number of aromatic nitrogens is 4. The van der Waals surface area contributed by atoms with Gasteiger partial charge in [0.1, 0.15) is 23.8 Å². The third-order valence-electron chi connectivity index (χ3n) is 6.04. The largest absolute Gasteiger partial charge is 0.493 e. The number of aliphatic hydroxyl groups excluding tert-OH is 1. The van der Waals surface area contributed by atoms with Crippen molar-refractivity contribution in [2.75, 3.05) is 44.9 Å². The van der Waals surface area contributed by atoms with Crippen molar-refractivity contribution in [3.63, 3.8) is 0 Å². The highest BCUT2D eigenvalue weighted by Crippen LogP contribution is 2.40. The molecular weight excluding hydrogens is 536 g/mol. The molecule has 2 aromatic heterocycles. The number of aromatic amines is 1. The number of halogens is 2. The summed E-state index contributed by atoms with van der Waals surface area (Å²) in [4.78, 5) is 23.6. The lowest BCUT2D eigenvalue weighted by Gasteiger charge is -2.23. The van der Waals surface area contributed by atoms with E-state index in [-0.39, 0.29) is 30.4 Å². The van der Waals surface area contributed by atoms with Crippen LogP contribution in [0.4, 0.5) is 26.1 Å². The zero-order chi connectivity index (χ0) is 29.4. The maximum Gasteiger partial charge on any atom is 0.223 e. The van der Waals surface area contributed by atoms with E-state index >= 15 is 0 Å². The van der Waals surface area contributed by atoms with Gasteiger partial charge in [0, 0.05) is 42.4 Å². The van der Waals surface area contributed by atoms with Gasteiger partial charge in [-0.05, 0) is 24.6 Å². The Hall–Kier alpha value is -4.80. The standard InChI is InChI=1S/C28H29F2N7O4/c1-3-5-36(7-8-38)6-4-9-41-25-16-23-22(15-24(25)40-2)28(33-17-32-23)37(21-11-18(29)10-19(30)12-21)27-14-20(34-35-27)13-26(31)39/h1,10-12,14-17,38H,4-9,13H2,2H3,(H2,31,39)(H,34,35). The Morgan fingerprint density at radius 2 is 1.90 bits per heavy atom. The lowest BCUT2D eigenvalue weighted by atomic mass is 10.1. The molecule has 4 aromatic rings. The third-order valence-corrected chi connectivity index (χ3v) is 6.04. The van der Waals surface area contributed by atoms with E-state index in [1.807, 2.05) is 4.90 Å². The summed E-state index contributed by atoms with van der Waals surface area (Å²) in [6.45, 7) is 1.87. The summed E-state index contributed by atoms with van der Waals surface area (Å²) >= 11 is 0. The molecule has 2 aromatic carbocycles. The number of ether oxygens (including phenoxy) is 2. The first-order valence-electron chi connectivity index (χ1n) is 12.6. The fourth-order valence-corrected chi connectivity index (χ4v) is 4.29. The monoisotopic (exact) mass is 565 g/mol. The number of carbonyl (C=O) groups is 1. The van der Waals surface area contributed by atoms with Crippen LogP contribution in [0.1, 0.15) is 12.1 Å². The zero-order valence-corrected chi connectivity index (χ0v) is 22.3. The average Bonchev–Trinajstić information content (AvgIpc) is 3.37. The molecule has 0 aliphatic carbocycles. The van der Waals surface area contributed by atoms with Crippen LogP contribution in [0.5, 0.6) is 11.5 Å². The minimum Gasteiger partial charge on any atom is -0.493 e. The molecule has 0 unspecified atom stereocenters. The van der Waals surface area contributed by atoms with Crippen molar-refractivity contribution in [1.82, 2.24) is 25.1 Å².